The Balaban J connectivity index is 1.78. The summed E-state index contributed by atoms with van der Waals surface area (Å²) in [5.41, 5.74) is 1.52. The van der Waals surface area contributed by atoms with Crippen molar-refractivity contribution in [2.24, 2.45) is 0 Å². The molecule has 3 aromatic rings. The molecule has 0 radical (unpaired) electrons. The van der Waals surface area contributed by atoms with E-state index in [1.807, 2.05) is 30.3 Å². The Morgan fingerprint density at radius 3 is 2.33 bits per heavy atom. The van der Waals surface area contributed by atoms with Gasteiger partial charge in [0.1, 0.15) is 11.5 Å². The Kier molecular flexibility index (Phi) is 5.88. The molecule has 6 heteroatoms. The van der Waals surface area contributed by atoms with E-state index in [4.69, 9.17) is 4.74 Å². The first-order valence-electron chi connectivity index (χ1n) is 8.23. The molecule has 0 atom stereocenters. The van der Waals surface area contributed by atoms with E-state index in [-0.39, 0.29) is 11.8 Å². The third-order valence-electron chi connectivity index (χ3n) is 3.79. The van der Waals surface area contributed by atoms with Crippen molar-refractivity contribution < 1.29 is 14.3 Å². The first kappa shape index (κ1) is 18.7. The van der Waals surface area contributed by atoms with E-state index in [1.54, 1.807) is 49.5 Å². The summed E-state index contributed by atoms with van der Waals surface area (Å²) < 4.78 is 6.76. The number of hydrogen-bond donors (Lipinski definition) is 2. The molecular formula is C21H17BrN2O3. The van der Waals surface area contributed by atoms with E-state index in [1.165, 1.54) is 0 Å². The summed E-state index contributed by atoms with van der Waals surface area (Å²) in [6, 6.07) is 21.1. The summed E-state index contributed by atoms with van der Waals surface area (Å²) in [5.74, 6) is 0.601. The number of anilines is 1. The topological polar surface area (TPSA) is 67.4 Å². The van der Waals surface area contributed by atoms with Crippen LogP contribution in [-0.4, -0.2) is 18.9 Å². The zero-order chi connectivity index (χ0) is 19.2. The van der Waals surface area contributed by atoms with Crippen LogP contribution in [0.5, 0.6) is 11.5 Å². The fourth-order valence-corrected chi connectivity index (χ4v) is 2.83. The maximum atomic E-state index is 12.7. The highest BCUT2D eigenvalue weighted by molar-refractivity contribution is 9.10. The molecule has 0 spiro atoms. The zero-order valence-corrected chi connectivity index (χ0v) is 16.1. The van der Waals surface area contributed by atoms with Gasteiger partial charge in [0.15, 0.2) is 0 Å². The fourth-order valence-electron chi connectivity index (χ4n) is 2.45. The molecular weight excluding hydrogens is 408 g/mol. The fraction of sp³-hybridized carbons (Fsp3) is 0.0476. The van der Waals surface area contributed by atoms with Gasteiger partial charge in [-0.3, -0.25) is 9.59 Å². The summed E-state index contributed by atoms with van der Waals surface area (Å²) in [6.45, 7) is 0. The minimum absolute atomic E-state index is 0.180. The van der Waals surface area contributed by atoms with Gasteiger partial charge in [-0.15, -0.1) is 0 Å². The lowest BCUT2D eigenvalue weighted by Gasteiger charge is -2.12. The molecule has 0 heterocycles. The van der Waals surface area contributed by atoms with Crippen molar-refractivity contribution in [1.82, 2.24) is 5.32 Å². The summed E-state index contributed by atoms with van der Waals surface area (Å²) in [4.78, 5) is 24.3. The molecule has 0 fully saturated rings. The second-order valence-corrected chi connectivity index (χ2v) is 6.58. The first-order chi connectivity index (χ1) is 13.1. The number of halogens is 1. The van der Waals surface area contributed by atoms with Gasteiger partial charge in [-0.25, -0.2) is 0 Å². The average molecular weight is 425 g/mol. The Bertz CT molecular complexity index is 971. The maximum absolute atomic E-state index is 12.7. The van der Waals surface area contributed by atoms with Crippen molar-refractivity contribution in [1.29, 1.82) is 0 Å². The maximum Gasteiger partial charge on any atom is 0.259 e. The highest BCUT2D eigenvalue weighted by atomic mass is 79.9. The first-order valence-corrected chi connectivity index (χ1v) is 9.02. The zero-order valence-electron chi connectivity index (χ0n) is 14.5. The van der Waals surface area contributed by atoms with Crippen LogP contribution in [0.15, 0.2) is 77.3 Å². The number of carbonyl (C=O) groups excluding carboxylic acids is 2. The molecule has 3 aromatic carbocycles. The SMILES string of the molecule is CNC(=O)c1ccc(NC(=O)c2ccccc2Oc2cccc(Br)c2)cc1. The van der Waals surface area contributed by atoms with Crippen molar-refractivity contribution in [3.8, 4) is 11.5 Å². The lowest BCUT2D eigenvalue weighted by atomic mass is 10.1. The summed E-state index contributed by atoms with van der Waals surface area (Å²) in [5, 5.41) is 5.38. The predicted octanol–water partition coefficient (Wildman–Crippen LogP) is 4.85. The van der Waals surface area contributed by atoms with Crippen LogP contribution in [0.1, 0.15) is 20.7 Å². The number of rotatable bonds is 5. The van der Waals surface area contributed by atoms with Crippen LogP contribution in [0.4, 0.5) is 5.69 Å². The van der Waals surface area contributed by atoms with Crippen LogP contribution in [0.25, 0.3) is 0 Å². The molecule has 0 saturated heterocycles. The lowest BCUT2D eigenvalue weighted by molar-refractivity contribution is 0.0962. The van der Waals surface area contributed by atoms with Gasteiger partial charge in [-0.05, 0) is 54.6 Å². The van der Waals surface area contributed by atoms with E-state index in [0.717, 1.165) is 4.47 Å². The number of para-hydroxylation sites is 1. The second-order valence-electron chi connectivity index (χ2n) is 5.67. The molecule has 0 aliphatic rings. The molecule has 2 N–H and O–H groups in total. The largest absolute Gasteiger partial charge is 0.456 e. The second kappa shape index (κ2) is 8.51. The van der Waals surface area contributed by atoms with Crippen LogP contribution in [-0.2, 0) is 0 Å². The van der Waals surface area contributed by atoms with Crippen molar-refractivity contribution in [2.45, 2.75) is 0 Å². The molecule has 5 nitrogen and oxygen atoms in total. The molecule has 0 bridgehead atoms. The Labute approximate surface area is 165 Å². The van der Waals surface area contributed by atoms with Crippen molar-refractivity contribution >= 4 is 33.4 Å². The smallest absolute Gasteiger partial charge is 0.259 e. The quantitative estimate of drug-likeness (QED) is 0.614. The number of hydrogen-bond acceptors (Lipinski definition) is 3. The van der Waals surface area contributed by atoms with Crippen molar-refractivity contribution in [3.63, 3.8) is 0 Å². The van der Waals surface area contributed by atoms with E-state index >= 15 is 0 Å². The Morgan fingerprint density at radius 2 is 1.63 bits per heavy atom. The number of ether oxygens (including phenoxy) is 1. The number of carbonyl (C=O) groups is 2. The van der Waals surface area contributed by atoms with E-state index in [2.05, 4.69) is 26.6 Å². The monoisotopic (exact) mass is 424 g/mol. The standard InChI is InChI=1S/C21H17BrN2O3/c1-23-20(25)14-9-11-16(12-10-14)24-21(26)18-7-2-3-8-19(18)27-17-6-4-5-15(22)13-17/h2-13H,1H3,(H,23,25)(H,24,26). The third-order valence-corrected chi connectivity index (χ3v) is 4.28. The van der Waals surface area contributed by atoms with Crippen LogP contribution < -0.4 is 15.4 Å². The Hall–Kier alpha value is -3.12. The molecule has 0 aliphatic carbocycles. The van der Waals surface area contributed by atoms with Gasteiger partial charge in [-0.1, -0.05) is 34.1 Å². The van der Waals surface area contributed by atoms with Gasteiger partial charge in [0.2, 0.25) is 0 Å². The van der Waals surface area contributed by atoms with Crippen LogP contribution in [0.3, 0.4) is 0 Å². The highest BCUT2D eigenvalue weighted by Gasteiger charge is 2.13. The molecule has 0 saturated carbocycles. The van der Waals surface area contributed by atoms with E-state index in [9.17, 15) is 9.59 Å². The van der Waals surface area contributed by atoms with Crippen LogP contribution in [0.2, 0.25) is 0 Å². The molecule has 0 aromatic heterocycles. The highest BCUT2D eigenvalue weighted by Crippen LogP contribution is 2.28. The Morgan fingerprint density at radius 1 is 0.889 bits per heavy atom. The summed E-state index contributed by atoms with van der Waals surface area (Å²) in [6.07, 6.45) is 0. The number of amides is 2. The number of benzene rings is 3. The van der Waals surface area contributed by atoms with Crippen LogP contribution >= 0.6 is 15.9 Å². The molecule has 0 aliphatic heterocycles. The van der Waals surface area contributed by atoms with E-state index < -0.39 is 0 Å². The third kappa shape index (κ3) is 4.74. The normalized spacial score (nSPS) is 10.1. The molecule has 136 valence electrons. The van der Waals surface area contributed by atoms with Gasteiger partial charge in [0.05, 0.1) is 5.56 Å². The van der Waals surface area contributed by atoms with E-state index in [0.29, 0.717) is 28.3 Å². The predicted molar refractivity (Wildman–Crippen MR) is 108 cm³/mol. The van der Waals surface area contributed by atoms with Gasteiger partial charge in [-0.2, -0.15) is 0 Å². The molecule has 27 heavy (non-hydrogen) atoms. The lowest BCUT2D eigenvalue weighted by Crippen LogP contribution is -2.18. The minimum atomic E-state index is -0.298. The molecule has 2 amide bonds. The summed E-state index contributed by atoms with van der Waals surface area (Å²) in [7, 11) is 1.57. The van der Waals surface area contributed by atoms with Crippen molar-refractivity contribution in [3.05, 3.63) is 88.4 Å². The molecule has 3 rings (SSSR count). The average Bonchev–Trinajstić information content (AvgIpc) is 2.68. The number of nitrogens with one attached hydrogen (secondary N) is 2. The summed E-state index contributed by atoms with van der Waals surface area (Å²) >= 11 is 3.40. The van der Waals surface area contributed by atoms with Crippen LogP contribution in [0, 0.1) is 0 Å². The van der Waals surface area contributed by atoms with Gasteiger partial charge >= 0.3 is 0 Å². The minimum Gasteiger partial charge on any atom is -0.456 e. The van der Waals surface area contributed by atoms with Gasteiger partial charge in [0, 0.05) is 22.8 Å². The van der Waals surface area contributed by atoms with Crippen molar-refractivity contribution in [2.75, 3.05) is 12.4 Å². The molecule has 0 unspecified atom stereocenters. The van der Waals surface area contributed by atoms with Gasteiger partial charge in [0.25, 0.3) is 11.8 Å². The van der Waals surface area contributed by atoms with Gasteiger partial charge < -0.3 is 15.4 Å².